The lowest BCUT2D eigenvalue weighted by atomic mass is 10.2. The van der Waals surface area contributed by atoms with E-state index in [1.807, 2.05) is 24.3 Å². The minimum absolute atomic E-state index is 0.527. The Morgan fingerprint density at radius 3 is 2.74 bits per heavy atom. The van der Waals surface area contributed by atoms with Crippen molar-refractivity contribution >= 4 is 17.2 Å². The molecular weight excluding hydrogens is 262 g/mol. The molecule has 0 N–H and O–H groups in total. The Hall–Kier alpha value is -1.17. The second kappa shape index (κ2) is 7.43. The summed E-state index contributed by atoms with van der Waals surface area (Å²) in [5.41, 5.74) is 0.968. The molecule has 19 heavy (non-hydrogen) atoms. The zero-order chi connectivity index (χ0) is 13.5. The average molecular weight is 281 g/mol. The fourth-order valence-corrected chi connectivity index (χ4v) is 2.29. The fourth-order valence-electron chi connectivity index (χ4n) is 1.94. The fraction of sp³-hybridized carbons (Fsp3) is 0.500. The first-order chi connectivity index (χ1) is 9.33. The first kappa shape index (κ1) is 14.2. The smallest absolute Gasteiger partial charge is 0.129 e. The normalized spacial score (nSPS) is 15.3. The van der Waals surface area contributed by atoms with E-state index in [9.17, 15) is 0 Å². The monoisotopic (exact) mass is 281 g/mol. The number of ether oxygens (including phenoxy) is 3. The van der Waals surface area contributed by atoms with E-state index in [0.29, 0.717) is 13.2 Å². The molecule has 104 valence electrons. The van der Waals surface area contributed by atoms with Gasteiger partial charge in [0, 0.05) is 20.2 Å². The maximum absolute atomic E-state index is 5.72. The molecule has 1 aromatic rings. The van der Waals surface area contributed by atoms with E-state index >= 15 is 0 Å². The molecule has 5 heteroatoms. The second-order valence-electron chi connectivity index (χ2n) is 4.24. The third-order valence-corrected chi connectivity index (χ3v) is 3.44. The van der Waals surface area contributed by atoms with E-state index in [0.717, 1.165) is 42.6 Å². The molecule has 0 spiro atoms. The van der Waals surface area contributed by atoms with E-state index in [4.69, 9.17) is 26.4 Å². The Kier molecular flexibility index (Phi) is 5.57. The van der Waals surface area contributed by atoms with Gasteiger partial charge in [-0.05, 0) is 12.1 Å². The van der Waals surface area contributed by atoms with E-state index in [1.165, 1.54) is 0 Å². The van der Waals surface area contributed by atoms with Crippen molar-refractivity contribution in [1.82, 2.24) is 4.90 Å². The van der Waals surface area contributed by atoms with Crippen LogP contribution in [0.3, 0.4) is 0 Å². The number of rotatable bonds is 5. The summed E-state index contributed by atoms with van der Waals surface area (Å²) >= 11 is 5.57. The Labute approximate surface area is 119 Å². The Morgan fingerprint density at radius 1 is 1.26 bits per heavy atom. The van der Waals surface area contributed by atoms with Crippen LogP contribution in [0.1, 0.15) is 5.56 Å². The van der Waals surface area contributed by atoms with Crippen molar-refractivity contribution in [3.63, 3.8) is 0 Å². The highest BCUT2D eigenvalue weighted by molar-refractivity contribution is 7.80. The standard InChI is InChI=1S/C14H19NO3S/c1-16-10-11-18-13-5-3-2-4-12(13)14(19)15-6-8-17-9-7-15/h2-5H,6-11H2,1H3. The maximum atomic E-state index is 5.72. The molecule has 0 aromatic heterocycles. The first-order valence-electron chi connectivity index (χ1n) is 6.40. The summed E-state index contributed by atoms with van der Waals surface area (Å²) in [6.07, 6.45) is 0. The maximum Gasteiger partial charge on any atom is 0.129 e. The van der Waals surface area contributed by atoms with E-state index in [-0.39, 0.29) is 0 Å². The van der Waals surface area contributed by atoms with Crippen LogP contribution >= 0.6 is 12.2 Å². The number of hydrogen-bond donors (Lipinski definition) is 0. The van der Waals surface area contributed by atoms with Crippen LogP contribution < -0.4 is 4.74 Å². The SMILES string of the molecule is COCCOc1ccccc1C(=S)N1CCOCC1. The van der Waals surface area contributed by atoms with Gasteiger partial charge in [0.25, 0.3) is 0 Å². The highest BCUT2D eigenvalue weighted by Gasteiger charge is 2.17. The molecule has 0 aliphatic carbocycles. The van der Waals surface area contributed by atoms with Crippen LogP contribution in [0.4, 0.5) is 0 Å². The van der Waals surface area contributed by atoms with Crippen LogP contribution in [0.2, 0.25) is 0 Å². The number of thiocarbonyl (C=S) groups is 1. The van der Waals surface area contributed by atoms with Crippen LogP contribution in [-0.2, 0) is 9.47 Å². The molecule has 0 radical (unpaired) electrons. The number of hydrogen-bond acceptors (Lipinski definition) is 4. The van der Waals surface area contributed by atoms with Crippen molar-refractivity contribution < 1.29 is 14.2 Å². The Balaban J connectivity index is 2.07. The number of para-hydroxylation sites is 1. The molecule has 1 aliphatic rings. The Morgan fingerprint density at radius 2 is 2.00 bits per heavy atom. The van der Waals surface area contributed by atoms with Crippen molar-refractivity contribution in [2.45, 2.75) is 0 Å². The van der Waals surface area contributed by atoms with Crippen molar-refractivity contribution in [3.8, 4) is 5.75 Å². The number of morpholine rings is 1. The van der Waals surface area contributed by atoms with Crippen LogP contribution in [0.25, 0.3) is 0 Å². The van der Waals surface area contributed by atoms with Gasteiger partial charge in [0.05, 0.1) is 25.4 Å². The number of nitrogens with zero attached hydrogens (tertiary/aromatic N) is 1. The predicted molar refractivity (Wildman–Crippen MR) is 77.9 cm³/mol. The summed E-state index contributed by atoms with van der Waals surface area (Å²) in [6, 6.07) is 7.87. The Bertz CT molecular complexity index is 419. The number of methoxy groups -OCH3 is 1. The van der Waals surface area contributed by atoms with Crippen LogP contribution in [0.5, 0.6) is 5.75 Å². The van der Waals surface area contributed by atoms with Gasteiger partial charge in [0.15, 0.2) is 0 Å². The quantitative estimate of drug-likeness (QED) is 0.606. The van der Waals surface area contributed by atoms with Gasteiger partial charge in [-0.25, -0.2) is 0 Å². The molecule has 2 rings (SSSR count). The van der Waals surface area contributed by atoms with Gasteiger partial charge in [-0.1, -0.05) is 24.4 Å². The van der Waals surface area contributed by atoms with Crippen LogP contribution in [0.15, 0.2) is 24.3 Å². The topological polar surface area (TPSA) is 30.9 Å². The highest BCUT2D eigenvalue weighted by Crippen LogP contribution is 2.21. The summed E-state index contributed by atoms with van der Waals surface area (Å²) in [7, 11) is 1.66. The third-order valence-electron chi connectivity index (χ3n) is 2.96. The number of benzene rings is 1. The molecule has 4 nitrogen and oxygen atoms in total. The second-order valence-corrected chi connectivity index (χ2v) is 4.63. The summed E-state index contributed by atoms with van der Waals surface area (Å²) in [6.45, 7) is 4.23. The summed E-state index contributed by atoms with van der Waals surface area (Å²) < 4.78 is 16.1. The van der Waals surface area contributed by atoms with Gasteiger partial charge in [0.2, 0.25) is 0 Å². The molecule has 0 bridgehead atoms. The molecule has 1 saturated heterocycles. The molecule has 0 amide bonds. The lowest BCUT2D eigenvalue weighted by Crippen LogP contribution is -2.40. The summed E-state index contributed by atoms with van der Waals surface area (Å²) in [4.78, 5) is 2.99. The van der Waals surface area contributed by atoms with Crippen LogP contribution in [-0.4, -0.2) is 56.5 Å². The minimum atomic E-state index is 0.527. The van der Waals surface area contributed by atoms with Gasteiger partial charge in [-0.3, -0.25) is 0 Å². The zero-order valence-electron chi connectivity index (χ0n) is 11.1. The van der Waals surface area contributed by atoms with Gasteiger partial charge >= 0.3 is 0 Å². The zero-order valence-corrected chi connectivity index (χ0v) is 11.9. The summed E-state index contributed by atoms with van der Waals surface area (Å²) in [5.74, 6) is 0.816. The van der Waals surface area contributed by atoms with E-state index in [2.05, 4.69) is 4.90 Å². The minimum Gasteiger partial charge on any atom is -0.490 e. The van der Waals surface area contributed by atoms with E-state index in [1.54, 1.807) is 7.11 Å². The first-order valence-corrected chi connectivity index (χ1v) is 6.81. The lowest BCUT2D eigenvalue weighted by molar-refractivity contribution is 0.0692. The van der Waals surface area contributed by atoms with Crippen molar-refractivity contribution in [1.29, 1.82) is 0 Å². The van der Waals surface area contributed by atoms with Gasteiger partial charge in [-0.15, -0.1) is 0 Å². The van der Waals surface area contributed by atoms with Gasteiger partial charge in [-0.2, -0.15) is 0 Å². The lowest BCUT2D eigenvalue weighted by Gasteiger charge is -2.29. The summed E-state index contributed by atoms with van der Waals surface area (Å²) in [5, 5.41) is 0. The largest absolute Gasteiger partial charge is 0.490 e. The third kappa shape index (κ3) is 3.89. The van der Waals surface area contributed by atoms with E-state index < -0.39 is 0 Å². The van der Waals surface area contributed by atoms with Gasteiger partial charge in [0.1, 0.15) is 17.3 Å². The molecule has 0 unspecified atom stereocenters. The van der Waals surface area contributed by atoms with Crippen molar-refractivity contribution in [2.24, 2.45) is 0 Å². The predicted octanol–water partition coefficient (Wildman–Crippen LogP) is 1.72. The molecular formula is C14H19NO3S. The molecule has 1 aromatic carbocycles. The van der Waals surface area contributed by atoms with Crippen molar-refractivity contribution in [3.05, 3.63) is 29.8 Å². The molecule has 1 aliphatic heterocycles. The molecule has 1 fully saturated rings. The van der Waals surface area contributed by atoms with Gasteiger partial charge < -0.3 is 19.1 Å². The van der Waals surface area contributed by atoms with Crippen molar-refractivity contribution in [2.75, 3.05) is 46.6 Å². The average Bonchev–Trinajstić information content (AvgIpc) is 2.48. The highest BCUT2D eigenvalue weighted by atomic mass is 32.1. The molecule has 0 atom stereocenters. The van der Waals surface area contributed by atoms with Crippen LogP contribution in [0, 0.1) is 0 Å². The molecule has 1 heterocycles. The molecule has 0 saturated carbocycles.